The van der Waals surface area contributed by atoms with Gasteiger partial charge in [0, 0.05) is 25.6 Å². The van der Waals surface area contributed by atoms with Crippen LogP contribution in [0.1, 0.15) is 39.5 Å². The zero-order chi connectivity index (χ0) is 13.5. The third-order valence-electron chi connectivity index (χ3n) is 3.36. The number of likely N-dealkylation sites (tertiary alicyclic amines) is 1. The maximum atomic E-state index is 12.0. The summed E-state index contributed by atoms with van der Waals surface area (Å²) in [5.74, 6) is -0.596. The fourth-order valence-corrected chi connectivity index (χ4v) is 2.19. The predicted octanol–water partition coefficient (Wildman–Crippen LogP) is 1.18. The van der Waals surface area contributed by atoms with Crippen LogP contribution in [0.15, 0.2) is 0 Å². The Hall–Kier alpha value is -1.10. The average Bonchev–Trinajstić information content (AvgIpc) is 2.80. The minimum absolute atomic E-state index is 0.168. The van der Waals surface area contributed by atoms with Crippen LogP contribution in [0.3, 0.4) is 0 Å². The van der Waals surface area contributed by atoms with Gasteiger partial charge in [-0.05, 0) is 39.7 Å². The number of aliphatic carboxylic acids is 1. The number of carbonyl (C=O) groups excluding carboxylic acids is 1. The molecule has 0 atom stereocenters. The molecule has 5 heteroatoms. The molecule has 0 unspecified atom stereocenters. The SMILES string of the molecule is CC(C)N(CCCC(=O)O)CC(=O)N1CCCC1. The number of rotatable bonds is 7. The normalized spacial score (nSPS) is 15.7. The Kier molecular flexibility index (Phi) is 6.12. The molecule has 0 aliphatic carbocycles. The monoisotopic (exact) mass is 256 g/mol. The Morgan fingerprint density at radius 2 is 1.89 bits per heavy atom. The predicted molar refractivity (Wildman–Crippen MR) is 69.4 cm³/mol. The minimum Gasteiger partial charge on any atom is -0.481 e. The van der Waals surface area contributed by atoms with E-state index < -0.39 is 5.97 Å². The van der Waals surface area contributed by atoms with Gasteiger partial charge in [0.05, 0.1) is 6.54 Å². The highest BCUT2D eigenvalue weighted by Crippen LogP contribution is 2.09. The second-order valence-electron chi connectivity index (χ2n) is 5.15. The Morgan fingerprint density at radius 3 is 2.39 bits per heavy atom. The Bertz CT molecular complexity index is 286. The smallest absolute Gasteiger partial charge is 0.303 e. The molecular formula is C13H24N2O3. The molecule has 104 valence electrons. The van der Waals surface area contributed by atoms with E-state index in [0.717, 1.165) is 25.9 Å². The lowest BCUT2D eigenvalue weighted by molar-refractivity contribution is -0.137. The second-order valence-corrected chi connectivity index (χ2v) is 5.15. The summed E-state index contributed by atoms with van der Waals surface area (Å²) in [6.07, 6.45) is 2.97. The Balaban J connectivity index is 2.36. The number of carboxylic acid groups (broad SMARTS) is 1. The molecule has 0 spiro atoms. The van der Waals surface area contributed by atoms with Gasteiger partial charge in [0.1, 0.15) is 0 Å². The summed E-state index contributed by atoms with van der Waals surface area (Å²) >= 11 is 0. The van der Waals surface area contributed by atoms with Gasteiger partial charge in [0.15, 0.2) is 0 Å². The van der Waals surface area contributed by atoms with E-state index in [0.29, 0.717) is 19.5 Å². The van der Waals surface area contributed by atoms with E-state index in [1.165, 1.54) is 0 Å². The molecule has 1 rings (SSSR count). The molecule has 0 radical (unpaired) electrons. The summed E-state index contributed by atoms with van der Waals surface area (Å²) in [6, 6.07) is 0.269. The van der Waals surface area contributed by atoms with E-state index in [-0.39, 0.29) is 18.4 Å². The van der Waals surface area contributed by atoms with Gasteiger partial charge in [-0.25, -0.2) is 0 Å². The van der Waals surface area contributed by atoms with Crippen molar-refractivity contribution >= 4 is 11.9 Å². The van der Waals surface area contributed by atoms with Crippen LogP contribution >= 0.6 is 0 Å². The lowest BCUT2D eigenvalue weighted by Crippen LogP contribution is -2.42. The number of carbonyl (C=O) groups is 2. The van der Waals surface area contributed by atoms with Crippen molar-refractivity contribution in [2.24, 2.45) is 0 Å². The van der Waals surface area contributed by atoms with Gasteiger partial charge in [-0.15, -0.1) is 0 Å². The summed E-state index contributed by atoms with van der Waals surface area (Å²) in [5, 5.41) is 8.63. The quantitative estimate of drug-likeness (QED) is 0.743. The fraction of sp³-hybridized carbons (Fsp3) is 0.846. The molecule has 0 aromatic carbocycles. The number of hydrogen-bond acceptors (Lipinski definition) is 3. The van der Waals surface area contributed by atoms with E-state index in [2.05, 4.69) is 4.90 Å². The first-order chi connectivity index (χ1) is 8.50. The third-order valence-corrected chi connectivity index (χ3v) is 3.36. The lowest BCUT2D eigenvalue weighted by atomic mass is 10.2. The first kappa shape index (κ1) is 15.0. The van der Waals surface area contributed by atoms with Gasteiger partial charge in [0.25, 0.3) is 0 Å². The topological polar surface area (TPSA) is 60.9 Å². The van der Waals surface area contributed by atoms with Crippen LogP contribution in [0.5, 0.6) is 0 Å². The number of nitrogens with zero attached hydrogens (tertiary/aromatic N) is 2. The molecule has 0 bridgehead atoms. The van der Waals surface area contributed by atoms with Crippen LogP contribution in [0, 0.1) is 0 Å². The molecule has 1 N–H and O–H groups in total. The summed E-state index contributed by atoms with van der Waals surface area (Å²) < 4.78 is 0. The molecule has 0 aromatic rings. The lowest BCUT2D eigenvalue weighted by Gasteiger charge is -2.27. The molecular weight excluding hydrogens is 232 g/mol. The van der Waals surface area contributed by atoms with Gasteiger partial charge in [-0.2, -0.15) is 0 Å². The van der Waals surface area contributed by atoms with E-state index in [1.807, 2.05) is 18.7 Å². The molecule has 18 heavy (non-hydrogen) atoms. The van der Waals surface area contributed by atoms with Crippen LogP contribution in [0.25, 0.3) is 0 Å². The van der Waals surface area contributed by atoms with Gasteiger partial charge in [0.2, 0.25) is 5.91 Å². The highest BCUT2D eigenvalue weighted by atomic mass is 16.4. The number of hydrogen-bond donors (Lipinski definition) is 1. The van der Waals surface area contributed by atoms with Gasteiger partial charge >= 0.3 is 5.97 Å². The summed E-state index contributed by atoms with van der Waals surface area (Å²) in [5.41, 5.74) is 0. The molecule has 5 nitrogen and oxygen atoms in total. The van der Waals surface area contributed by atoms with E-state index in [9.17, 15) is 9.59 Å². The summed E-state index contributed by atoms with van der Waals surface area (Å²) in [7, 11) is 0. The molecule has 1 aliphatic rings. The van der Waals surface area contributed by atoms with Crippen molar-refractivity contribution in [1.82, 2.24) is 9.80 Å². The first-order valence-electron chi connectivity index (χ1n) is 6.74. The molecule has 1 fully saturated rings. The Labute approximate surface area is 109 Å². The number of amides is 1. The van der Waals surface area contributed by atoms with Crippen molar-refractivity contribution in [3.63, 3.8) is 0 Å². The van der Waals surface area contributed by atoms with Crippen molar-refractivity contribution in [3.05, 3.63) is 0 Å². The average molecular weight is 256 g/mol. The van der Waals surface area contributed by atoms with E-state index in [4.69, 9.17) is 5.11 Å². The maximum Gasteiger partial charge on any atom is 0.303 e. The fourth-order valence-electron chi connectivity index (χ4n) is 2.19. The van der Waals surface area contributed by atoms with E-state index in [1.54, 1.807) is 0 Å². The van der Waals surface area contributed by atoms with Gasteiger partial charge in [-0.1, -0.05) is 0 Å². The highest BCUT2D eigenvalue weighted by molar-refractivity contribution is 5.78. The largest absolute Gasteiger partial charge is 0.481 e. The third kappa shape index (κ3) is 5.04. The summed E-state index contributed by atoms with van der Waals surface area (Å²) in [6.45, 7) is 6.91. The molecule has 0 saturated carbocycles. The zero-order valence-corrected chi connectivity index (χ0v) is 11.4. The molecule has 1 heterocycles. The molecule has 1 amide bonds. The first-order valence-corrected chi connectivity index (χ1v) is 6.74. The zero-order valence-electron chi connectivity index (χ0n) is 11.4. The maximum absolute atomic E-state index is 12.0. The Morgan fingerprint density at radius 1 is 1.28 bits per heavy atom. The van der Waals surface area contributed by atoms with Crippen LogP contribution < -0.4 is 0 Å². The van der Waals surface area contributed by atoms with Crippen LogP contribution in [0.4, 0.5) is 0 Å². The van der Waals surface area contributed by atoms with Gasteiger partial charge < -0.3 is 10.0 Å². The van der Waals surface area contributed by atoms with Crippen molar-refractivity contribution in [1.29, 1.82) is 0 Å². The highest BCUT2D eigenvalue weighted by Gasteiger charge is 2.21. The minimum atomic E-state index is -0.774. The van der Waals surface area contributed by atoms with Crippen molar-refractivity contribution in [2.45, 2.75) is 45.6 Å². The molecule has 1 saturated heterocycles. The van der Waals surface area contributed by atoms with Crippen molar-refractivity contribution < 1.29 is 14.7 Å². The van der Waals surface area contributed by atoms with Crippen LogP contribution in [0.2, 0.25) is 0 Å². The summed E-state index contributed by atoms with van der Waals surface area (Å²) in [4.78, 5) is 26.5. The van der Waals surface area contributed by atoms with Crippen molar-refractivity contribution in [2.75, 3.05) is 26.2 Å². The van der Waals surface area contributed by atoms with E-state index >= 15 is 0 Å². The van der Waals surface area contributed by atoms with Gasteiger partial charge in [-0.3, -0.25) is 14.5 Å². The van der Waals surface area contributed by atoms with Crippen molar-refractivity contribution in [3.8, 4) is 0 Å². The van der Waals surface area contributed by atoms with Crippen LogP contribution in [-0.4, -0.2) is 59.0 Å². The molecule has 1 aliphatic heterocycles. The van der Waals surface area contributed by atoms with Crippen LogP contribution in [-0.2, 0) is 9.59 Å². The number of carboxylic acids is 1. The second kappa shape index (κ2) is 7.36. The molecule has 0 aromatic heterocycles. The standard InChI is InChI=1S/C13H24N2O3/c1-11(2)15(9-5-6-13(17)18)10-12(16)14-7-3-4-8-14/h11H,3-10H2,1-2H3,(H,17,18).